The number of thiophene rings is 1. The third-order valence-electron chi connectivity index (χ3n) is 10.5. The highest BCUT2D eigenvalue weighted by Crippen LogP contribution is 2.50. The average Bonchev–Trinajstić information content (AvgIpc) is 3.89. The van der Waals surface area contributed by atoms with Gasteiger partial charge in [0.05, 0.1) is 16.7 Å². The molecule has 0 amide bonds. The van der Waals surface area contributed by atoms with Crippen LogP contribution < -0.4 is 0 Å². The minimum atomic E-state index is 0.651. The molecule has 0 radical (unpaired) electrons. The second-order valence-electron chi connectivity index (χ2n) is 13.6. The summed E-state index contributed by atoms with van der Waals surface area (Å²) >= 11 is 3.63. The Labute approximate surface area is 317 Å². The Kier molecular flexibility index (Phi) is 6.37. The summed E-state index contributed by atoms with van der Waals surface area (Å²) in [6.07, 6.45) is 0. The number of rotatable bonds is 4. The van der Waals surface area contributed by atoms with Crippen molar-refractivity contribution in [3.8, 4) is 45.5 Å². The fraction of sp³-hybridized carbons (Fsp3) is 0. The van der Waals surface area contributed by atoms with Crippen molar-refractivity contribution in [1.29, 1.82) is 0 Å². The maximum Gasteiger partial charge on any atom is 0.164 e. The summed E-state index contributed by atoms with van der Waals surface area (Å²) in [7, 11) is 0. The number of hydrogen-bond acceptors (Lipinski definition) is 5. The Balaban J connectivity index is 1.08. The van der Waals surface area contributed by atoms with Gasteiger partial charge in [-0.1, -0.05) is 109 Å². The molecule has 5 nitrogen and oxygen atoms in total. The smallest absolute Gasteiger partial charge is 0.164 e. The van der Waals surface area contributed by atoms with Gasteiger partial charge in [-0.2, -0.15) is 0 Å². The van der Waals surface area contributed by atoms with Gasteiger partial charge in [0.2, 0.25) is 0 Å². The summed E-state index contributed by atoms with van der Waals surface area (Å²) in [6.45, 7) is 0. The first-order valence-electron chi connectivity index (χ1n) is 17.9. The Morgan fingerprint density at radius 3 is 1.91 bits per heavy atom. The number of aromatic nitrogens is 5. The molecule has 1 aliphatic rings. The number of hydrogen-bond donors (Lipinski definition) is 0. The lowest BCUT2D eigenvalue weighted by Gasteiger charge is -2.22. The van der Waals surface area contributed by atoms with E-state index in [-0.39, 0.29) is 0 Å². The van der Waals surface area contributed by atoms with E-state index in [2.05, 4.69) is 155 Å². The highest BCUT2D eigenvalue weighted by Gasteiger charge is 2.28. The molecule has 0 fully saturated rings. The van der Waals surface area contributed by atoms with Gasteiger partial charge >= 0.3 is 0 Å². The molecule has 0 bridgehead atoms. The van der Waals surface area contributed by atoms with Crippen molar-refractivity contribution in [3.63, 3.8) is 0 Å². The molecule has 7 heteroatoms. The van der Waals surface area contributed by atoms with Gasteiger partial charge in [0.25, 0.3) is 0 Å². The van der Waals surface area contributed by atoms with E-state index < -0.39 is 0 Å². The van der Waals surface area contributed by atoms with E-state index in [1.807, 2.05) is 41.3 Å². The first-order chi connectivity index (χ1) is 26.8. The molecule has 12 rings (SSSR count). The first-order valence-corrected chi connectivity index (χ1v) is 19.6. The minimum Gasteiger partial charge on any atom is -0.295 e. The first kappa shape index (κ1) is 30.0. The van der Waals surface area contributed by atoms with Crippen molar-refractivity contribution >= 4 is 76.1 Å². The van der Waals surface area contributed by atoms with Gasteiger partial charge in [-0.3, -0.25) is 9.13 Å². The summed E-state index contributed by atoms with van der Waals surface area (Å²) in [5.74, 6) is 1.97. The Morgan fingerprint density at radius 2 is 1.07 bits per heavy atom. The lowest BCUT2D eigenvalue weighted by molar-refractivity contribution is 1.02. The monoisotopic (exact) mass is 725 g/mol. The predicted octanol–water partition coefficient (Wildman–Crippen LogP) is 12.7. The normalized spacial score (nSPS) is 12.4. The predicted molar refractivity (Wildman–Crippen MR) is 224 cm³/mol. The Bertz CT molecular complexity index is 3300. The number of fused-ring (bicyclic) bond motifs is 10. The summed E-state index contributed by atoms with van der Waals surface area (Å²) < 4.78 is 7.42. The van der Waals surface area contributed by atoms with Crippen LogP contribution in [0.5, 0.6) is 0 Å². The standard InChI is InChI=1S/C47H27N5S2/c1-3-12-28(13-4-1)44-48-45(29-23-25-39-35(26-29)32-16-8-10-20-38(32)53-39)50-46(49-44)30-22-24-37-41(27-30)54-40-21-11-18-34-42-33-17-7-9-19-36(33)51(31-14-5-2-6-15-31)47(42)52(37)43(34)40/h1-27H. The molecule has 54 heavy (non-hydrogen) atoms. The molecule has 1 aliphatic heterocycles. The molecule has 11 aromatic rings. The zero-order valence-electron chi connectivity index (χ0n) is 28.6. The third kappa shape index (κ3) is 4.37. The quantitative estimate of drug-likeness (QED) is 0.181. The zero-order chi connectivity index (χ0) is 35.3. The molecular weight excluding hydrogens is 699 g/mol. The molecule has 0 unspecified atom stereocenters. The van der Waals surface area contributed by atoms with Gasteiger partial charge in [-0.15, -0.1) is 11.3 Å². The maximum absolute atomic E-state index is 5.19. The van der Waals surface area contributed by atoms with Gasteiger partial charge in [0.1, 0.15) is 5.65 Å². The van der Waals surface area contributed by atoms with E-state index in [1.54, 1.807) is 0 Å². The van der Waals surface area contributed by atoms with Gasteiger partial charge in [-0.05, 0) is 66.7 Å². The molecule has 0 saturated carbocycles. The molecular formula is C47H27N5S2. The third-order valence-corrected chi connectivity index (χ3v) is 12.8. The largest absolute Gasteiger partial charge is 0.295 e. The van der Waals surface area contributed by atoms with Crippen LogP contribution >= 0.6 is 23.1 Å². The molecule has 0 aliphatic carbocycles. The molecule has 7 aromatic carbocycles. The van der Waals surface area contributed by atoms with E-state index in [4.69, 9.17) is 15.0 Å². The van der Waals surface area contributed by atoms with Crippen molar-refractivity contribution in [3.05, 3.63) is 164 Å². The highest BCUT2D eigenvalue weighted by molar-refractivity contribution is 7.99. The maximum atomic E-state index is 5.19. The van der Waals surface area contributed by atoms with Crippen LogP contribution in [-0.2, 0) is 0 Å². The summed E-state index contributed by atoms with van der Waals surface area (Å²) in [4.78, 5) is 17.8. The Morgan fingerprint density at radius 1 is 0.426 bits per heavy atom. The van der Waals surface area contributed by atoms with Crippen LogP contribution in [0.2, 0.25) is 0 Å². The second kappa shape index (κ2) is 11.5. The van der Waals surface area contributed by atoms with Crippen molar-refractivity contribution < 1.29 is 0 Å². The number of para-hydroxylation sites is 3. The minimum absolute atomic E-state index is 0.651. The van der Waals surface area contributed by atoms with E-state index >= 15 is 0 Å². The Hall–Kier alpha value is -6.54. The SMILES string of the molecule is c1ccc(-c2nc(-c3ccc4c(c3)Sc3cccc5c6c7ccccc7n(-c7ccccc7)c6n-4c35)nc(-c3ccc4sc5ccccc5c4c3)n2)cc1. The highest BCUT2D eigenvalue weighted by atomic mass is 32.2. The summed E-state index contributed by atoms with van der Waals surface area (Å²) in [5, 5.41) is 6.26. The summed E-state index contributed by atoms with van der Waals surface area (Å²) in [6, 6.07) is 58.2. The molecule has 252 valence electrons. The molecule has 0 saturated heterocycles. The fourth-order valence-electron chi connectivity index (χ4n) is 8.17. The van der Waals surface area contributed by atoms with E-state index in [0.29, 0.717) is 17.5 Å². The molecule has 4 aromatic heterocycles. The van der Waals surface area contributed by atoms with Crippen LogP contribution in [0.4, 0.5) is 0 Å². The fourth-order valence-corrected chi connectivity index (χ4v) is 10.4. The molecule has 0 N–H and O–H groups in total. The number of benzene rings is 7. The zero-order valence-corrected chi connectivity index (χ0v) is 30.3. The van der Waals surface area contributed by atoms with Gasteiger partial charge in [0.15, 0.2) is 17.5 Å². The van der Waals surface area contributed by atoms with Crippen LogP contribution in [0.1, 0.15) is 0 Å². The van der Waals surface area contributed by atoms with Gasteiger partial charge in [-0.25, -0.2) is 15.0 Å². The molecule has 5 heterocycles. The van der Waals surface area contributed by atoms with E-state index in [1.165, 1.54) is 57.9 Å². The van der Waals surface area contributed by atoms with Gasteiger partial charge < -0.3 is 0 Å². The summed E-state index contributed by atoms with van der Waals surface area (Å²) in [5.41, 5.74) is 8.77. The number of nitrogens with zero attached hydrogens (tertiary/aromatic N) is 5. The van der Waals surface area contributed by atoms with Gasteiger partial charge in [0, 0.05) is 68.5 Å². The van der Waals surface area contributed by atoms with Crippen molar-refractivity contribution in [1.82, 2.24) is 24.1 Å². The van der Waals surface area contributed by atoms with E-state index in [9.17, 15) is 0 Å². The van der Waals surface area contributed by atoms with Crippen molar-refractivity contribution in [2.75, 3.05) is 0 Å². The average molecular weight is 726 g/mol. The van der Waals surface area contributed by atoms with Crippen molar-refractivity contribution in [2.24, 2.45) is 0 Å². The molecule has 0 spiro atoms. The van der Waals surface area contributed by atoms with Crippen LogP contribution in [0.3, 0.4) is 0 Å². The molecule has 0 atom stereocenters. The topological polar surface area (TPSA) is 48.5 Å². The van der Waals surface area contributed by atoms with E-state index in [0.717, 1.165) is 33.0 Å². The van der Waals surface area contributed by atoms with Crippen LogP contribution in [0.25, 0.3) is 98.5 Å². The van der Waals surface area contributed by atoms with Crippen LogP contribution in [0, 0.1) is 0 Å². The van der Waals surface area contributed by atoms with Crippen LogP contribution in [-0.4, -0.2) is 24.1 Å². The lowest BCUT2D eigenvalue weighted by Crippen LogP contribution is -2.06. The second-order valence-corrected chi connectivity index (χ2v) is 15.8. The van der Waals surface area contributed by atoms with Crippen molar-refractivity contribution in [2.45, 2.75) is 9.79 Å². The lowest BCUT2D eigenvalue weighted by atomic mass is 10.1. The van der Waals surface area contributed by atoms with Crippen LogP contribution in [0.15, 0.2) is 174 Å².